The highest BCUT2D eigenvalue weighted by molar-refractivity contribution is 9.10. The van der Waals surface area contributed by atoms with Gasteiger partial charge in [0.2, 0.25) is 11.8 Å². The molecule has 0 aliphatic carbocycles. The standard InChI is InChI=1S/C21H24BrN3O3/c1-13(2)28-19-8-6-16(10-18(19)22)12-23-25-21(27)11-20(26)24-17-7-5-14(3)15(4)9-17/h5-10,12-13H,11H2,1-4H3,(H,24,26)(H,25,27). The number of nitrogens with one attached hydrogen (secondary N) is 2. The van der Waals surface area contributed by atoms with E-state index in [1.54, 1.807) is 6.07 Å². The molecule has 2 amide bonds. The molecule has 0 unspecified atom stereocenters. The molecule has 0 fully saturated rings. The van der Waals surface area contributed by atoms with Crippen LogP contribution in [0.5, 0.6) is 5.75 Å². The number of aryl methyl sites for hydroxylation is 2. The number of ether oxygens (including phenoxy) is 1. The fourth-order valence-corrected chi connectivity index (χ4v) is 2.83. The van der Waals surface area contributed by atoms with E-state index in [2.05, 4.69) is 31.8 Å². The van der Waals surface area contributed by atoms with Crippen LogP contribution >= 0.6 is 15.9 Å². The van der Waals surface area contributed by atoms with Crippen LogP contribution in [0.4, 0.5) is 5.69 Å². The Morgan fingerprint density at radius 1 is 1.11 bits per heavy atom. The van der Waals surface area contributed by atoms with Crippen LogP contribution < -0.4 is 15.5 Å². The van der Waals surface area contributed by atoms with Crippen molar-refractivity contribution in [1.82, 2.24) is 5.43 Å². The lowest BCUT2D eigenvalue weighted by molar-refractivity contribution is -0.126. The van der Waals surface area contributed by atoms with E-state index in [-0.39, 0.29) is 12.5 Å². The molecule has 7 heteroatoms. The van der Waals surface area contributed by atoms with E-state index in [0.29, 0.717) is 5.69 Å². The Morgan fingerprint density at radius 2 is 1.86 bits per heavy atom. The van der Waals surface area contributed by atoms with Crippen molar-refractivity contribution in [1.29, 1.82) is 0 Å². The molecule has 0 spiro atoms. The Balaban J connectivity index is 1.85. The van der Waals surface area contributed by atoms with Gasteiger partial charge >= 0.3 is 0 Å². The first kappa shape index (κ1) is 21.6. The molecule has 0 aliphatic rings. The molecule has 2 N–H and O–H groups in total. The number of hydrogen-bond donors (Lipinski definition) is 2. The summed E-state index contributed by atoms with van der Waals surface area (Å²) in [4.78, 5) is 23.9. The average molecular weight is 446 g/mol. The van der Waals surface area contributed by atoms with Crippen LogP contribution in [0.3, 0.4) is 0 Å². The summed E-state index contributed by atoms with van der Waals surface area (Å²) >= 11 is 3.44. The molecule has 0 saturated heterocycles. The summed E-state index contributed by atoms with van der Waals surface area (Å²) in [6.45, 7) is 7.86. The number of rotatable bonds is 7. The van der Waals surface area contributed by atoms with Crippen molar-refractivity contribution in [3.63, 3.8) is 0 Å². The first-order chi connectivity index (χ1) is 13.2. The molecule has 0 bridgehead atoms. The van der Waals surface area contributed by atoms with Gasteiger partial charge < -0.3 is 10.1 Å². The van der Waals surface area contributed by atoms with Gasteiger partial charge in [0.1, 0.15) is 12.2 Å². The summed E-state index contributed by atoms with van der Waals surface area (Å²) in [6.07, 6.45) is 1.27. The molecule has 0 saturated carbocycles. The van der Waals surface area contributed by atoms with Crippen molar-refractivity contribution < 1.29 is 14.3 Å². The Hall–Kier alpha value is -2.67. The summed E-state index contributed by atoms with van der Waals surface area (Å²) in [7, 11) is 0. The molecule has 148 valence electrons. The molecule has 2 aromatic carbocycles. The van der Waals surface area contributed by atoms with E-state index in [1.807, 2.05) is 58.0 Å². The zero-order valence-corrected chi connectivity index (χ0v) is 18.0. The van der Waals surface area contributed by atoms with Crippen LogP contribution in [-0.2, 0) is 9.59 Å². The molecule has 28 heavy (non-hydrogen) atoms. The molecule has 0 aliphatic heterocycles. The smallest absolute Gasteiger partial charge is 0.249 e. The second-order valence-corrected chi connectivity index (χ2v) is 7.53. The van der Waals surface area contributed by atoms with Gasteiger partial charge in [-0.1, -0.05) is 6.07 Å². The minimum atomic E-state index is -0.489. The van der Waals surface area contributed by atoms with Gasteiger partial charge in [0.25, 0.3) is 0 Å². The maximum Gasteiger partial charge on any atom is 0.249 e. The number of hydrazone groups is 1. The predicted octanol–water partition coefficient (Wildman–Crippen LogP) is 4.33. The van der Waals surface area contributed by atoms with E-state index in [9.17, 15) is 9.59 Å². The van der Waals surface area contributed by atoms with Crippen molar-refractivity contribution in [2.24, 2.45) is 5.10 Å². The van der Waals surface area contributed by atoms with Crippen molar-refractivity contribution in [3.8, 4) is 5.75 Å². The fourth-order valence-electron chi connectivity index (χ4n) is 2.34. The monoisotopic (exact) mass is 445 g/mol. The molecule has 0 atom stereocenters. The van der Waals surface area contributed by atoms with E-state index in [1.165, 1.54) is 6.21 Å². The third-order valence-electron chi connectivity index (χ3n) is 3.83. The number of benzene rings is 2. The molecular weight excluding hydrogens is 422 g/mol. The van der Waals surface area contributed by atoms with Crippen LogP contribution in [-0.4, -0.2) is 24.1 Å². The van der Waals surface area contributed by atoms with Gasteiger partial charge in [-0.15, -0.1) is 0 Å². The number of carbonyl (C=O) groups is 2. The highest BCUT2D eigenvalue weighted by atomic mass is 79.9. The van der Waals surface area contributed by atoms with Crippen LogP contribution in [0.15, 0.2) is 46.0 Å². The van der Waals surface area contributed by atoms with Crippen LogP contribution in [0, 0.1) is 13.8 Å². The van der Waals surface area contributed by atoms with Crippen molar-refractivity contribution in [3.05, 3.63) is 57.6 Å². The van der Waals surface area contributed by atoms with Crippen LogP contribution in [0.2, 0.25) is 0 Å². The first-order valence-corrected chi connectivity index (χ1v) is 9.69. The predicted molar refractivity (Wildman–Crippen MR) is 115 cm³/mol. The van der Waals surface area contributed by atoms with E-state index in [0.717, 1.165) is 26.9 Å². The highest BCUT2D eigenvalue weighted by Crippen LogP contribution is 2.26. The number of hydrogen-bond acceptors (Lipinski definition) is 4. The molecular formula is C21H24BrN3O3. The lowest BCUT2D eigenvalue weighted by Crippen LogP contribution is -2.24. The molecule has 2 rings (SSSR count). The number of halogens is 1. The summed E-state index contributed by atoms with van der Waals surface area (Å²) in [6, 6.07) is 11.1. The van der Waals surface area contributed by atoms with Crippen LogP contribution in [0.25, 0.3) is 0 Å². The van der Waals surface area contributed by atoms with Gasteiger partial charge in [-0.2, -0.15) is 5.10 Å². The summed E-state index contributed by atoms with van der Waals surface area (Å²) in [5, 5.41) is 6.60. The van der Waals surface area contributed by atoms with E-state index in [4.69, 9.17) is 4.74 Å². The SMILES string of the molecule is Cc1ccc(NC(=O)CC(=O)NN=Cc2ccc(OC(C)C)c(Br)c2)cc1C. The van der Waals surface area contributed by atoms with Crippen molar-refractivity contribution in [2.45, 2.75) is 40.2 Å². The second-order valence-electron chi connectivity index (χ2n) is 6.67. The third kappa shape index (κ3) is 6.81. The normalized spacial score (nSPS) is 10.9. The zero-order chi connectivity index (χ0) is 20.7. The number of carbonyl (C=O) groups excluding carboxylic acids is 2. The second kappa shape index (κ2) is 10.0. The Bertz CT molecular complexity index is 894. The number of anilines is 1. The average Bonchev–Trinajstić information content (AvgIpc) is 2.60. The zero-order valence-electron chi connectivity index (χ0n) is 16.4. The lowest BCUT2D eigenvalue weighted by atomic mass is 10.1. The number of nitrogens with zero attached hydrogens (tertiary/aromatic N) is 1. The van der Waals surface area contributed by atoms with Crippen molar-refractivity contribution in [2.75, 3.05) is 5.32 Å². The number of amides is 2. The highest BCUT2D eigenvalue weighted by Gasteiger charge is 2.09. The largest absolute Gasteiger partial charge is 0.490 e. The fraction of sp³-hybridized carbons (Fsp3) is 0.286. The Kier molecular flexibility index (Phi) is 7.75. The third-order valence-corrected chi connectivity index (χ3v) is 4.45. The van der Waals surface area contributed by atoms with Gasteiger partial charge in [0.15, 0.2) is 0 Å². The van der Waals surface area contributed by atoms with Gasteiger partial charge in [-0.3, -0.25) is 9.59 Å². The maximum absolute atomic E-state index is 12.0. The molecule has 6 nitrogen and oxygen atoms in total. The topological polar surface area (TPSA) is 79.8 Å². The van der Waals surface area contributed by atoms with Gasteiger partial charge in [0, 0.05) is 5.69 Å². The Labute approximate surface area is 173 Å². The molecule has 2 aromatic rings. The minimum Gasteiger partial charge on any atom is -0.490 e. The molecule has 0 aromatic heterocycles. The first-order valence-electron chi connectivity index (χ1n) is 8.90. The van der Waals surface area contributed by atoms with E-state index >= 15 is 0 Å². The quantitative estimate of drug-likeness (QED) is 0.378. The molecule has 0 heterocycles. The van der Waals surface area contributed by atoms with Crippen molar-refractivity contribution >= 4 is 39.6 Å². The minimum absolute atomic E-state index is 0.0741. The van der Waals surface area contributed by atoms with Gasteiger partial charge in [-0.05, 0) is 90.6 Å². The maximum atomic E-state index is 12.0. The lowest BCUT2D eigenvalue weighted by Gasteiger charge is -2.11. The van der Waals surface area contributed by atoms with Gasteiger partial charge in [-0.25, -0.2) is 5.43 Å². The molecule has 0 radical (unpaired) electrons. The van der Waals surface area contributed by atoms with E-state index < -0.39 is 11.8 Å². The van der Waals surface area contributed by atoms with Crippen LogP contribution in [0.1, 0.15) is 37.0 Å². The summed E-state index contributed by atoms with van der Waals surface area (Å²) in [5.41, 5.74) is 6.01. The summed E-state index contributed by atoms with van der Waals surface area (Å²) in [5.74, 6) is -0.149. The van der Waals surface area contributed by atoms with Gasteiger partial charge in [0.05, 0.1) is 16.8 Å². The summed E-state index contributed by atoms with van der Waals surface area (Å²) < 4.78 is 6.44. The Morgan fingerprint density at radius 3 is 2.50 bits per heavy atom.